The van der Waals surface area contributed by atoms with Crippen LogP contribution in [0.15, 0.2) is 283 Å². The van der Waals surface area contributed by atoms with Crippen LogP contribution in [0.2, 0.25) is 0 Å². The van der Waals surface area contributed by atoms with Gasteiger partial charge in [0, 0.05) is 38.6 Å². The van der Waals surface area contributed by atoms with Crippen molar-refractivity contribution >= 4 is 60.8 Å². The molecule has 0 unspecified atom stereocenters. The van der Waals surface area contributed by atoms with E-state index in [9.17, 15) is 0 Å². The molecule has 0 N–H and O–H groups in total. The lowest BCUT2D eigenvalue weighted by Gasteiger charge is -2.40. The molecule has 1 aliphatic heterocycles. The lowest BCUT2D eigenvalue weighted by atomic mass is 9.65. The molecule has 2 aliphatic carbocycles. The summed E-state index contributed by atoms with van der Waals surface area (Å²) in [4.78, 5) is 2.49. The Kier molecular flexibility index (Phi) is 8.69. The van der Waals surface area contributed by atoms with E-state index in [4.69, 9.17) is 4.42 Å². The van der Waals surface area contributed by atoms with Gasteiger partial charge in [0.2, 0.25) is 0 Å². The average molecular weight is 979 g/mol. The summed E-state index contributed by atoms with van der Waals surface area (Å²) in [6, 6.07) is 104. The summed E-state index contributed by atoms with van der Waals surface area (Å²) >= 11 is 0. The topological polar surface area (TPSA) is 21.3 Å². The van der Waals surface area contributed by atoms with Crippen LogP contribution in [0.3, 0.4) is 0 Å². The van der Waals surface area contributed by atoms with Crippen molar-refractivity contribution in [3.05, 3.63) is 324 Å². The van der Waals surface area contributed by atoms with E-state index in [1.165, 1.54) is 94.3 Å². The molecule has 3 heteroatoms. The molecule has 3 nitrogen and oxygen atoms in total. The van der Waals surface area contributed by atoms with Crippen molar-refractivity contribution in [2.24, 2.45) is 0 Å². The standard InChI is InChI=1S/C74H46N2O/c1-3-18-49(19-4-1)73(50-20-5-2-6-21-50)62-28-12-7-24-56(62)57-41-39-52(45-67(57)73)75(51-37-34-47(35-38-51)48-36-43-71-61(44-48)59-26-11-16-33-70(59)77-71)53-40-42-65-69(46-53)76-68-32-15-10-25-58(68)60-27-17-31-66(72(60)76)74(65)63-29-13-8-22-54(63)55-23-9-14-30-64(55)74/h1-46H. The Morgan fingerprint density at radius 2 is 0.818 bits per heavy atom. The quantitative estimate of drug-likeness (QED) is 0.166. The lowest BCUT2D eigenvalue weighted by Crippen LogP contribution is -2.33. The number of hydrogen-bond acceptors (Lipinski definition) is 2. The van der Waals surface area contributed by atoms with Gasteiger partial charge in [-0.25, -0.2) is 0 Å². The van der Waals surface area contributed by atoms with Gasteiger partial charge in [-0.1, -0.05) is 218 Å². The van der Waals surface area contributed by atoms with E-state index in [2.05, 4.69) is 276 Å². The number of hydrogen-bond donors (Lipinski definition) is 0. The molecule has 0 bridgehead atoms. The molecule has 0 amide bonds. The molecule has 12 aromatic carbocycles. The van der Waals surface area contributed by atoms with Crippen LogP contribution >= 0.6 is 0 Å². The van der Waals surface area contributed by atoms with Crippen molar-refractivity contribution in [2.45, 2.75) is 10.8 Å². The minimum atomic E-state index is -0.569. The summed E-state index contributed by atoms with van der Waals surface area (Å²) in [6.07, 6.45) is 0. The van der Waals surface area contributed by atoms with Crippen molar-refractivity contribution in [1.29, 1.82) is 0 Å². The Morgan fingerprint density at radius 3 is 1.53 bits per heavy atom. The predicted octanol–water partition coefficient (Wildman–Crippen LogP) is 18.9. The molecule has 358 valence electrons. The Hall–Kier alpha value is -9.96. The summed E-state index contributed by atoms with van der Waals surface area (Å²) in [6.45, 7) is 0. The van der Waals surface area contributed by atoms with Gasteiger partial charge in [0.25, 0.3) is 0 Å². The third-order valence-corrected chi connectivity index (χ3v) is 17.5. The van der Waals surface area contributed by atoms with Gasteiger partial charge in [0.05, 0.1) is 27.6 Å². The zero-order valence-electron chi connectivity index (χ0n) is 41.9. The van der Waals surface area contributed by atoms with Crippen molar-refractivity contribution in [3.8, 4) is 39.1 Å². The van der Waals surface area contributed by atoms with Crippen LogP contribution in [0.1, 0.15) is 44.5 Å². The van der Waals surface area contributed by atoms with Crippen molar-refractivity contribution in [1.82, 2.24) is 4.57 Å². The van der Waals surface area contributed by atoms with Gasteiger partial charge < -0.3 is 13.9 Å². The molecule has 17 rings (SSSR count). The number of para-hydroxylation sites is 3. The molecular weight excluding hydrogens is 933 g/mol. The van der Waals surface area contributed by atoms with E-state index in [0.717, 1.165) is 50.1 Å². The van der Waals surface area contributed by atoms with Crippen LogP contribution in [-0.4, -0.2) is 4.57 Å². The molecule has 3 heterocycles. The molecule has 0 saturated carbocycles. The molecule has 2 aromatic heterocycles. The Labute approximate surface area is 445 Å². The van der Waals surface area contributed by atoms with Crippen molar-refractivity contribution < 1.29 is 4.42 Å². The highest BCUT2D eigenvalue weighted by molar-refractivity contribution is 6.13. The number of nitrogens with zero attached hydrogens (tertiary/aromatic N) is 2. The Morgan fingerprint density at radius 1 is 0.299 bits per heavy atom. The molecule has 0 saturated heterocycles. The molecule has 0 fully saturated rings. The smallest absolute Gasteiger partial charge is 0.135 e. The first-order valence-electron chi connectivity index (χ1n) is 26.7. The predicted molar refractivity (Wildman–Crippen MR) is 316 cm³/mol. The maximum absolute atomic E-state index is 6.27. The van der Waals surface area contributed by atoms with Gasteiger partial charge >= 0.3 is 0 Å². The summed E-state index contributed by atoms with van der Waals surface area (Å²) in [5, 5.41) is 4.77. The van der Waals surface area contributed by atoms with Crippen LogP contribution in [0.25, 0.3) is 82.8 Å². The summed E-state index contributed by atoms with van der Waals surface area (Å²) < 4.78 is 8.84. The van der Waals surface area contributed by atoms with E-state index in [1.807, 2.05) is 12.1 Å². The van der Waals surface area contributed by atoms with E-state index >= 15 is 0 Å². The second kappa shape index (κ2) is 15.8. The Bertz CT molecular complexity index is 4670. The molecule has 77 heavy (non-hydrogen) atoms. The summed E-state index contributed by atoms with van der Waals surface area (Å²) in [7, 11) is 0. The highest BCUT2D eigenvalue weighted by Crippen LogP contribution is 2.62. The number of anilines is 3. The minimum absolute atomic E-state index is 0.552. The van der Waals surface area contributed by atoms with E-state index in [0.29, 0.717) is 0 Å². The fraction of sp³-hybridized carbons (Fsp3) is 0.0270. The highest BCUT2D eigenvalue weighted by Gasteiger charge is 2.51. The first-order chi connectivity index (χ1) is 38.2. The number of fused-ring (bicyclic) bond motifs is 18. The van der Waals surface area contributed by atoms with Crippen LogP contribution in [0.4, 0.5) is 17.1 Å². The maximum atomic E-state index is 6.27. The van der Waals surface area contributed by atoms with E-state index in [-0.39, 0.29) is 0 Å². The maximum Gasteiger partial charge on any atom is 0.135 e. The first kappa shape index (κ1) is 42.4. The number of furan rings is 1. The number of aromatic nitrogens is 1. The second-order valence-corrected chi connectivity index (χ2v) is 21.0. The zero-order chi connectivity index (χ0) is 50.4. The second-order valence-electron chi connectivity index (χ2n) is 21.0. The van der Waals surface area contributed by atoms with E-state index in [1.54, 1.807) is 0 Å². The summed E-state index contributed by atoms with van der Waals surface area (Å²) in [5.74, 6) is 0. The molecule has 3 aliphatic rings. The SMILES string of the molecule is c1ccc(C2(c3ccccc3)c3ccccc3-c3ccc(N(c4ccc(-c5ccc6oc7ccccc7c6c5)cc4)c4ccc5c(c4)-n4c6ccccc6c6cccc(c64)C54c5ccccc5-c5ccccc54)cc32)cc1. The van der Waals surface area contributed by atoms with Gasteiger partial charge in [-0.3, -0.25) is 0 Å². The van der Waals surface area contributed by atoms with Crippen LogP contribution in [-0.2, 0) is 10.8 Å². The van der Waals surface area contributed by atoms with Gasteiger partial charge in [0.1, 0.15) is 11.2 Å². The number of rotatable bonds is 6. The molecule has 0 radical (unpaired) electrons. The van der Waals surface area contributed by atoms with E-state index < -0.39 is 10.8 Å². The highest BCUT2D eigenvalue weighted by atomic mass is 16.3. The summed E-state index contributed by atoms with van der Waals surface area (Å²) in [5.41, 5.74) is 25.2. The Balaban J connectivity index is 0.935. The van der Waals surface area contributed by atoms with Crippen LogP contribution in [0.5, 0.6) is 0 Å². The normalized spacial score (nSPS) is 13.9. The lowest BCUT2D eigenvalue weighted by molar-refractivity contribution is 0.669. The largest absolute Gasteiger partial charge is 0.456 e. The molecule has 1 spiro atoms. The van der Waals surface area contributed by atoms with Gasteiger partial charge in [-0.05, 0) is 139 Å². The van der Waals surface area contributed by atoms with Crippen molar-refractivity contribution in [2.75, 3.05) is 4.90 Å². The third kappa shape index (κ3) is 5.59. The fourth-order valence-corrected chi connectivity index (χ4v) is 14.4. The molecule has 0 atom stereocenters. The van der Waals surface area contributed by atoms with Crippen LogP contribution < -0.4 is 4.90 Å². The van der Waals surface area contributed by atoms with Gasteiger partial charge in [-0.2, -0.15) is 0 Å². The average Bonchev–Trinajstić information content (AvgIpc) is 4.19. The van der Waals surface area contributed by atoms with Gasteiger partial charge in [0.15, 0.2) is 0 Å². The van der Waals surface area contributed by atoms with Crippen molar-refractivity contribution in [3.63, 3.8) is 0 Å². The monoisotopic (exact) mass is 978 g/mol. The minimum Gasteiger partial charge on any atom is -0.456 e. The molecule has 14 aromatic rings. The third-order valence-electron chi connectivity index (χ3n) is 17.5. The zero-order valence-corrected chi connectivity index (χ0v) is 41.9. The first-order valence-corrected chi connectivity index (χ1v) is 26.7. The van der Waals surface area contributed by atoms with Crippen LogP contribution in [0, 0.1) is 0 Å². The molecular formula is C74H46N2O. The fourth-order valence-electron chi connectivity index (χ4n) is 14.4. The number of benzene rings is 12. The van der Waals surface area contributed by atoms with Gasteiger partial charge in [-0.15, -0.1) is 0 Å².